The van der Waals surface area contributed by atoms with Crippen LogP contribution in [0.5, 0.6) is 0 Å². The van der Waals surface area contributed by atoms with Gasteiger partial charge >= 0.3 is 0 Å². The molecule has 8 heteroatoms. The van der Waals surface area contributed by atoms with Crippen molar-refractivity contribution in [2.24, 2.45) is 0 Å². The number of hydrogen-bond acceptors (Lipinski definition) is 3. The van der Waals surface area contributed by atoms with Crippen molar-refractivity contribution in [3.63, 3.8) is 0 Å². The molecule has 0 saturated carbocycles. The van der Waals surface area contributed by atoms with Crippen LogP contribution in [0.3, 0.4) is 0 Å². The van der Waals surface area contributed by atoms with Crippen molar-refractivity contribution in [1.82, 2.24) is 19.1 Å². The Bertz CT molecular complexity index is 1090. The van der Waals surface area contributed by atoms with Crippen molar-refractivity contribution in [1.29, 1.82) is 0 Å². The van der Waals surface area contributed by atoms with E-state index in [-0.39, 0.29) is 10.5 Å². The second-order valence-corrected chi connectivity index (χ2v) is 8.95. The monoisotopic (exact) mass is 390 g/mol. The number of halogens is 1. The molecule has 0 radical (unpaired) electrons. The Morgan fingerprint density at radius 1 is 1.26 bits per heavy atom. The van der Waals surface area contributed by atoms with E-state index in [0.29, 0.717) is 18.5 Å². The summed E-state index contributed by atoms with van der Waals surface area (Å²) in [5.74, 6) is -0.456. The van der Waals surface area contributed by atoms with Crippen LogP contribution < -0.4 is 0 Å². The van der Waals surface area contributed by atoms with Gasteiger partial charge in [-0.25, -0.2) is 12.8 Å². The number of aryl methyl sites for hydroxylation is 2. The van der Waals surface area contributed by atoms with Crippen LogP contribution >= 0.6 is 0 Å². The van der Waals surface area contributed by atoms with Crippen molar-refractivity contribution in [3.05, 3.63) is 35.8 Å². The van der Waals surface area contributed by atoms with Crippen LogP contribution in [0.25, 0.3) is 22.2 Å². The molecule has 0 spiro atoms. The van der Waals surface area contributed by atoms with Gasteiger partial charge in [-0.15, -0.1) is 0 Å². The van der Waals surface area contributed by atoms with E-state index in [9.17, 15) is 12.8 Å². The molecule has 27 heavy (non-hydrogen) atoms. The molecular weight excluding hydrogens is 367 g/mol. The predicted molar refractivity (Wildman–Crippen MR) is 102 cm³/mol. The maximum atomic E-state index is 14.6. The summed E-state index contributed by atoms with van der Waals surface area (Å²) in [7, 11) is -3.65. The van der Waals surface area contributed by atoms with Crippen molar-refractivity contribution in [3.8, 4) is 11.3 Å². The molecule has 1 aromatic carbocycles. The number of H-pyrrole nitrogens is 1. The Morgan fingerprint density at radius 3 is 2.70 bits per heavy atom. The molecule has 0 unspecified atom stereocenters. The number of fused-ring (bicyclic) bond motifs is 1. The number of rotatable bonds is 5. The molecule has 0 amide bonds. The lowest BCUT2D eigenvalue weighted by atomic mass is 10.0. The highest BCUT2D eigenvalue weighted by Crippen LogP contribution is 2.35. The normalized spacial score (nSPS) is 15.8. The number of nitrogens with one attached hydrogen (secondary N) is 1. The third-order valence-corrected chi connectivity index (χ3v) is 6.89. The SMILES string of the molecule is CCCn1ccc(-c2c(C)cc(F)c3[nH]c(S(=O)(=O)N4CCCC4)cc23)n1. The number of aromatic nitrogens is 3. The highest BCUT2D eigenvalue weighted by Gasteiger charge is 2.30. The van der Waals surface area contributed by atoms with Gasteiger partial charge in [0.2, 0.25) is 0 Å². The van der Waals surface area contributed by atoms with E-state index >= 15 is 0 Å². The largest absolute Gasteiger partial charge is 0.342 e. The van der Waals surface area contributed by atoms with Crippen molar-refractivity contribution in [2.75, 3.05) is 13.1 Å². The molecule has 0 bridgehead atoms. The summed E-state index contributed by atoms with van der Waals surface area (Å²) >= 11 is 0. The molecule has 6 nitrogen and oxygen atoms in total. The summed E-state index contributed by atoms with van der Waals surface area (Å²) in [6.45, 7) is 5.70. The maximum Gasteiger partial charge on any atom is 0.258 e. The third-order valence-electron chi connectivity index (χ3n) is 5.07. The van der Waals surface area contributed by atoms with Crippen molar-refractivity contribution < 1.29 is 12.8 Å². The Kier molecular flexibility index (Phi) is 4.55. The zero-order chi connectivity index (χ0) is 19.2. The number of nitrogens with zero attached hydrogens (tertiary/aromatic N) is 3. The second-order valence-electron chi connectivity index (χ2n) is 7.05. The maximum absolute atomic E-state index is 14.6. The molecule has 1 aliphatic heterocycles. The van der Waals surface area contributed by atoms with Crippen LogP contribution in [-0.2, 0) is 16.6 Å². The van der Waals surface area contributed by atoms with Gasteiger partial charge in [0.1, 0.15) is 10.8 Å². The first-order chi connectivity index (χ1) is 12.9. The van der Waals surface area contributed by atoms with Gasteiger partial charge in [-0.2, -0.15) is 9.40 Å². The summed E-state index contributed by atoms with van der Waals surface area (Å²) in [4.78, 5) is 2.81. The van der Waals surface area contributed by atoms with Crippen molar-refractivity contribution in [2.45, 2.75) is 44.7 Å². The molecule has 1 N–H and O–H groups in total. The first-order valence-corrected chi connectivity index (χ1v) is 10.7. The van der Waals surface area contributed by atoms with Crippen molar-refractivity contribution >= 4 is 20.9 Å². The summed E-state index contributed by atoms with van der Waals surface area (Å²) < 4.78 is 43.7. The molecule has 3 heterocycles. The Labute approximate surface area is 158 Å². The first-order valence-electron chi connectivity index (χ1n) is 9.27. The van der Waals surface area contributed by atoms with Crippen LogP contribution in [0.15, 0.2) is 29.4 Å². The van der Waals surface area contributed by atoms with Crippen LogP contribution in [0.4, 0.5) is 4.39 Å². The smallest absolute Gasteiger partial charge is 0.258 e. The minimum atomic E-state index is -3.65. The zero-order valence-electron chi connectivity index (χ0n) is 15.5. The number of sulfonamides is 1. The number of hydrogen-bond donors (Lipinski definition) is 1. The lowest BCUT2D eigenvalue weighted by Gasteiger charge is -2.13. The second kappa shape index (κ2) is 6.76. The van der Waals surface area contributed by atoms with E-state index in [2.05, 4.69) is 17.0 Å². The van der Waals surface area contributed by atoms with Crippen LogP contribution in [0, 0.1) is 12.7 Å². The molecule has 144 valence electrons. The number of benzene rings is 1. The van der Waals surface area contributed by atoms with Gasteiger partial charge in [0.25, 0.3) is 10.0 Å². The van der Waals surface area contributed by atoms with Gasteiger partial charge in [-0.1, -0.05) is 6.92 Å². The average molecular weight is 390 g/mol. The molecule has 0 atom stereocenters. The van der Waals surface area contributed by atoms with Gasteiger partial charge in [0, 0.05) is 36.8 Å². The van der Waals surface area contributed by atoms with Gasteiger partial charge in [0.15, 0.2) is 0 Å². The highest BCUT2D eigenvalue weighted by molar-refractivity contribution is 7.89. The fourth-order valence-electron chi connectivity index (χ4n) is 3.76. The summed E-state index contributed by atoms with van der Waals surface area (Å²) in [6, 6.07) is 4.86. The van der Waals surface area contributed by atoms with Crippen LogP contribution in [0.2, 0.25) is 0 Å². The number of aromatic amines is 1. The highest BCUT2D eigenvalue weighted by atomic mass is 32.2. The van der Waals surface area contributed by atoms with E-state index < -0.39 is 15.8 Å². The molecule has 1 aliphatic rings. The molecule has 0 aliphatic carbocycles. The standard InChI is InChI=1S/C19H23FN4O2S/c1-3-7-23-10-6-16(22-23)18-13(2)11-15(20)19-14(18)12-17(21-19)27(25,26)24-8-4-5-9-24/h6,10-12,21H,3-5,7-9H2,1-2H3. The average Bonchev–Trinajstić information content (AvgIpc) is 3.36. The van der Waals surface area contributed by atoms with Gasteiger partial charge < -0.3 is 4.98 Å². The van der Waals surface area contributed by atoms with Crippen LogP contribution in [-0.4, -0.2) is 40.6 Å². The molecule has 1 fully saturated rings. The van der Waals surface area contributed by atoms with Crippen LogP contribution in [0.1, 0.15) is 31.7 Å². The molecule has 3 aromatic rings. The van der Waals surface area contributed by atoms with E-state index in [4.69, 9.17) is 0 Å². The lowest BCUT2D eigenvalue weighted by Crippen LogP contribution is -2.28. The van der Waals surface area contributed by atoms with Gasteiger partial charge in [-0.05, 0) is 49.9 Å². The molecule has 2 aromatic heterocycles. The summed E-state index contributed by atoms with van der Waals surface area (Å²) in [6.07, 6.45) is 4.56. The molecular formula is C19H23FN4O2S. The Balaban J connectivity index is 1.88. The lowest BCUT2D eigenvalue weighted by molar-refractivity contribution is 0.475. The van der Waals surface area contributed by atoms with Gasteiger partial charge in [0.05, 0.1) is 11.2 Å². The topological polar surface area (TPSA) is 71.0 Å². The van der Waals surface area contributed by atoms with E-state index in [1.54, 1.807) is 6.07 Å². The minimum absolute atomic E-state index is 0.0399. The fraction of sp³-hybridized carbons (Fsp3) is 0.421. The molecule has 1 saturated heterocycles. The summed E-state index contributed by atoms with van der Waals surface area (Å²) in [5, 5.41) is 5.17. The fourth-order valence-corrected chi connectivity index (χ4v) is 5.27. The Hall–Kier alpha value is -2.19. The third kappa shape index (κ3) is 3.06. The molecule has 4 rings (SSSR count). The Morgan fingerprint density at radius 2 is 2.00 bits per heavy atom. The zero-order valence-corrected chi connectivity index (χ0v) is 16.3. The van der Waals surface area contributed by atoms with E-state index in [0.717, 1.165) is 42.6 Å². The first kappa shape index (κ1) is 18.2. The predicted octanol–water partition coefficient (Wildman–Crippen LogP) is 3.67. The van der Waals surface area contributed by atoms with E-state index in [1.807, 2.05) is 23.9 Å². The summed E-state index contributed by atoms with van der Waals surface area (Å²) in [5.41, 5.74) is 2.42. The minimum Gasteiger partial charge on any atom is -0.342 e. The van der Waals surface area contributed by atoms with Gasteiger partial charge in [-0.3, -0.25) is 4.68 Å². The van der Waals surface area contributed by atoms with E-state index in [1.165, 1.54) is 10.4 Å². The quantitative estimate of drug-likeness (QED) is 0.722.